The highest BCUT2D eigenvalue weighted by Gasteiger charge is 2.30. The van der Waals surface area contributed by atoms with E-state index < -0.39 is 97.5 Å². The van der Waals surface area contributed by atoms with Gasteiger partial charge in [0, 0.05) is 25.7 Å². The summed E-state index contributed by atoms with van der Waals surface area (Å²) in [6.07, 6.45) is 79.7. The van der Waals surface area contributed by atoms with E-state index in [1.54, 1.807) is 0 Å². The molecule has 0 aliphatic carbocycles. The molecule has 19 heteroatoms. The number of phosphoric ester groups is 2. The summed E-state index contributed by atoms with van der Waals surface area (Å²) in [5, 5.41) is 10.6. The molecule has 3 N–H and O–H groups in total. The Morgan fingerprint density at radius 1 is 0.284 bits per heavy atom. The Kier molecular flexibility index (Phi) is 72.3. The van der Waals surface area contributed by atoms with Crippen LogP contribution in [0.4, 0.5) is 0 Å². The Bertz CT molecular complexity index is 2310. The van der Waals surface area contributed by atoms with Gasteiger partial charge >= 0.3 is 39.5 Å². The van der Waals surface area contributed by atoms with Gasteiger partial charge in [0.05, 0.1) is 26.4 Å². The number of phosphoric acid groups is 2. The molecule has 17 nitrogen and oxygen atoms in total. The molecule has 0 aliphatic heterocycles. The van der Waals surface area contributed by atoms with Gasteiger partial charge < -0.3 is 33.8 Å². The quantitative estimate of drug-likeness (QED) is 0.0169. The number of esters is 4. The van der Waals surface area contributed by atoms with Gasteiger partial charge in [0.25, 0.3) is 0 Å². The summed E-state index contributed by atoms with van der Waals surface area (Å²) in [6, 6.07) is 0. The predicted molar refractivity (Wildman–Crippen MR) is 418 cm³/mol. The lowest BCUT2D eigenvalue weighted by Crippen LogP contribution is -2.30. The van der Waals surface area contributed by atoms with Crippen molar-refractivity contribution in [3.05, 3.63) is 97.2 Å². The SMILES string of the molecule is CC/C=C\C/C=C\C/C=C\C/C=C\C/C=C\C/C=C\CCC(=O)OC[C@H](COP(=O)(O)OC[C@@H](O)COP(=O)(O)OC[C@@H](COC(=O)CCCCCCC/C=C\CCCCCCCC)OC(=O)CCCCCCC/C=C\CCCCCCCC)OC(=O)CCCCCCCCCCCCCCC. The van der Waals surface area contributed by atoms with E-state index in [4.69, 9.17) is 37.0 Å². The fraction of sp³-hybridized carbons (Fsp3) is 0.759. The number of unbranched alkanes of at least 4 members (excludes halogenated alkanes) is 34. The second kappa shape index (κ2) is 75.2. The van der Waals surface area contributed by atoms with Crippen LogP contribution in [0.1, 0.15) is 349 Å². The first-order chi connectivity index (χ1) is 49.7. The maximum Gasteiger partial charge on any atom is 0.472 e. The molecule has 0 rings (SSSR count). The van der Waals surface area contributed by atoms with E-state index in [0.29, 0.717) is 32.1 Å². The van der Waals surface area contributed by atoms with E-state index >= 15 is 0 Å². The molecule has 102 heavy (non-hydrogen) atoms. The van der Waals surface area contributed by atoms with Crippen molar-refractivity contribution in [2.24, 2.45) is 0 Å². The average molecular weight is 1480 g/mol. The smallest absolute Gasteiger partial charge is 0.462 e. The van der Waals surface area contributed by atoms with Crippen LogP contribution in [0.3, 0.4) is 0 Å². The maximum atomic E-state index is 13.1. The van der Waals surface area contributed by atoms with E-state index in [0.717, 1.165) is 135 Å². The highest BCUT2D eigenvalue weighted by molar-refractivity contribution is 7.47. The topological polar surface area (TPSA) is 237 Å². The number of hydrogen-bond donors (Lipinski definition) is 3. The van der Waals surface area contributed by atoms with Crippen molar-refractivity contribution in [2.75, 3.05) is 39.6 Å². The third kappa shape index (κ3) is 74.3. The van der Waals surface area contributed by atoms with Crippen molar-refractivity contribution in [2.45, 2.75) is 367 Å². The fourth-order valence-corrected chi connectivity index (χ4v) is 12.5. The molecule has 0 aromatic carbocycles. The van der Waals surface area contributed by atoms with Gasteiger partial charge in [0.15, 0.2) is 12.2 Å². The number of hydrogen-bond acceptors (Lipinski definition) is 15. The van der Waals surface area contributed by atoms with Crippen LogP contribution in [0.2, 0.25) is 0 Å². The van der Waals surface area contributed by atoms with Gasteiger partial charge in [-0.1, -0.05) is 305 Å². The number of aliphatic hydroxyl groups excluding tert-OH is 1. The van der Waals surface area contributed by atoms with E-state index in [1.165, 1.54) is 128 Å². The fourth-order valence-electron chi connectivity index (χ4n) is 10.9. The molecule has 0 fully saturated rings. The van der Waals surface area contributed by atoms with Crippen molar-refractivity contribution in [3.63, 3.8) is 0 Å². The Morgan fingerprint density at radius 3 is 0.843 bits per heavy atom. The van der Waals surface area contributed by atoms with Crippen LogP contribution in [0.25, 0.3) is 0 Å². The normalized spacial score (nSPS) is 14.4. The molecule has 2 unspecified atom stereocenters. The summed E-state index contributed by atoms with van der Waals surface area (Å²) < 4.78 is 68.5. The molecule has 0 amide bonds. The summed E-state index contributed by atoms with van der Waals surface area (Å²) in [5.74, 6) is -2.27. The van der Waals surface area contributed by atoms with Crippen molar-refractivity contribution < 1.29 is 80.2 Å². The lowest BCUT2D eigenvalue weighted by atomic mass is 10.0. The Hall–Kier alpha value is -4.02. The summed E-state index contributed by atoms with van der Waals surface area (Å²) in [6.45, 7) is 4.70. The summed E-state index contributed by atoms with van der Waals surface area (Å²) in [4.78, 5) is 73.0. The second-order valence-electron chi connectivity index (χ2n) is 27.0. The molecular weight excluding hydrogens is 1330 g/mol. The van der Waals surface area contributed by atoms with Crippen LogP contribution in [0, 0.1) is 0 Å². The number of ether oxygens (including phenoxy) is 4. The zero-order valence-corrected chi connectivity index (χ0v) is 66.3. The molecular formula is C83H146O17P2. The zero-order chi connectivity index (χ0) is 74.6. The van der Waals surface area contributed by atoms with Crippen LogP contribution in [0.5, 0.6) is 0 Å². The maximum absolute atomic E-state index is 13.1. The molecule has 0 aliphatic rings. The van der Waals surface area contributed by atoms with E-state index in [9.17, 15) is 43.2 Å². The molecule has 0 saturated carbocycles. The number of rotatable bonds is 76. The van der Waals surface area contributed by atoms with Crippen molar-refractivity contribution in [1.82, 2.24) is 0 Å². The van der Waals surface area contributed by atoms with Gasteiger partial charge in [-0.2, -0.15) is 0 Å². The van der Waals surface area contributed by atoms with Crippen LogP contribution in [0.15, 0.2) is 97.2 Å². The second-order valence-corrected chi connectivity index (χ2v) is 29.9. The minimum absolute atomic E-state index is 0.0378. The van der Waals surface area contributed by atoms with Crippen LogP contribution in [-0.4, -0.2) is 96.7 Å². The van der Waals surface area contributed by atoms with E-state index in [-0.39, 0.29) is 25.7 Å². The van der Waals surface area contributed by atoms with Crippen LogP contribution >= 0.6 is 15.6 Å². The monoisotopic (exact) mass is 1480 g/mol. The lowest BCUT2D eigenvalue weighted by Gasteiger charge is -2.21. The van der Waals surface area contributed by atoms with Crippen LogP contribution in [-0.2, 0) is 65.4 Å². The summed E-state index contributed by atoms with van der Waals surface area (Å²) in [5.41, 5.74) is 0. The number of allylic oxidation sites excluding steroid dienone is 16. The third-order valence-electron chi connectivity index (χ3n) is 17.0. The molecule has 0 spiro atoms. The minimum atomic E-state index is -4.99. The Morgan fingerprint density at radius 2 is 0.529 bits per heavy atom. The molecule has 0 aromatic rings. The molecule has 0 heterocycles. The van der Waals surface area contributed by atoms with E-state index in [1.807, 2.05) is 18.2 Å². The average Bonchev–Trinajstić information content (AvgIpc) is 0.908. The van der Waals surface area contributed by atoms with Gasteiger partial charge in [0.1, 0.15) is 19.3 Å². The lowest BCUT2D eigenvalue weighted by molar-refractivity contribution is -0.161. The highest BCUT2D eigenvalue weighted by Crippen LogP contribution is 2.45. The first kappa shape index (κ1) is 98.0. The van der Waals surface area contributed by atoms with Gasteiger partial charge in [0.2, 0.25) is 0 Å². The number of carbonyl (C=O) groups excluding carboxylic acids is 4. The Labute approximate surface area is 620 Å². The van der Waals surface area contributed by atoms with Gasteiger partial charge in [-0.3, -0.25) is 37.3 Å². The van der Waals surface area contributed by atoms with Gasteiger partial charge in [-0.05, 0) is 116 Å². The van der Waals surface area contributed by atoms with Gasteiger partial charge in [-0.25, -0.2) is 9.13 Å². The van der Waals surface area contributed by atoms with Crippen molar-refractivity contribution in [3.8, 4) is 0 Å². The zero-order valence-electron chi connectivity index (χ0n) is 64.5. The number of aliphatic hydroxyl groups is 1. The molecule has 0 bridgehead atoms. The highest BCUT2D eigenvalue weighted by atomic mass is 31.2. The minimum Gasteiger partial charge on any atom is -0.462 e. The number of carbonyl (C=O) groups is 4. The summed E-state index contributed by atoms with van der Waals surface area (Å²) in [7, 11) is -9.97. The third-order valence-corrected chi connectivity index (χ3v) is 18.9. The molecule has 0 aromatic heterocycles. The molecule has 590 valence electrons. The molecule has 5 atom stereocenters. The largest absolute Gasteiger partial charge is 0.472 e. The summed E-state index contributed by atoms with van der Waals surface area (Å²) >= 11 is 0. The predicted octanol–water partition coefficient (Wildman–Crippen LogP) is 23.6. The van der Waals surface area contributed by atoms with Crippen molar-refractivity contribution >= 4 is 39.5 Å². The van der Waals surface area contributed by atoms with Gasteiger partial charge in [-0.15, -0.1) is 0 Å². The Balaban J connectivity index is 5.40. The van der Waals surface area contributed by atoms with Crippen LogP contribution < -0.4 is 0 Å². The molecule has 0 radical (unpaired) electrons. The van der Waals surface area contributed by atoms with E-state index in [2.05, 4.69) is 107 Å². The standard InChI is InChI=1S/C83H146O17P2/c1-5-9-13-17-21-25-29-33-36-37-38-39-42-45-48-52-56-60-64-68-81(86)94-73-78(99-82(87)69-65-61-57-53-49-43-32-28-24-20-16-12-8-4)75-97-101(89,90)95-71-77(84)72-96-102(91,92)98-76-79(100-83(88)70-66-62-58-54-50-46-41-35-31-27-23-19-15-11-7-3)74-93-80(85)67-63-59-55-51-47-44-40-34-30-26-22-18-14-10-6-2/h9,13,21,25,33-36,38-41,45,48,56,60,77-79,84H,5-8,10-12,14-20,22-24,26-32,37,42-44,46-47,49-55,57-59,61-76H2,1-4H3,(H,89,90)(H,91,92)/b13-9-,25-21-,36-33-,39-38-,40-34-,41-35-,48-45-,60-56-/t77-,78-,79-/m1/s1. The van der Waals surface area contributed by atoms with Crippen molar-refractivity contribution in [1.29, 1.82) is 0 Å². The molecule has 0 saturated heterocycles. The first-order valence-electron chi connectivity index (χ1n) is 40.5. The first-order valence-corrected chi connectivity index (χ1v) is 43.5.